The molecule has 0 saturated heterocycles. The molecule has 0 amide bonds. The second-order valence-corrected chi connectivity index (χ2v) is 13.8. The molecule has 0 radical (unpaired) electrons. The van der Waals surface area contributed by atoms with E-state index in [1.165, 1.54) is 89.9 Å². The van der Waals surface area contributed by atoms with Gasteiger partial charge in [-0.25, -0.2) is 4.57 Å². The summed E-state index contributed by atoms with van der Waals surface area (Å²) < 4.78 is 26.2. The molecule has 9 heteroatoms. The van der Waals surface area contributed by atoms with Crippen LogP contribution in [0.25, 0.3) is 0 Å². The molecule has 0 aliphatic carbocycles. The SMILES string of the molecule is CCCCCCCCC/C=C/C/C=C/C/C=C/C/C=C/CCCC(=O)O[C@H](COC(=O)CCCCCCCCCCC)COP(=O)(O)O. The second kappa shape index (κ2) is 34.9. The van der Waals surface area contributed by atoms with Gasteiger partial charge < -0.3 is 19.3 Å². The van der Waals surface area contributed by atoms with Crippen molar-refractivity contribution < 1.29 is 37.9 Å². The Morgan fingerprint density at radius 2 is 0.958 bits per heavy atom. The van der Waals surface area contributed by atoms with Gasteiger partial charge >= 0.3 is 19.8 Å². The van der Waals surface area contributed by atoms with Crippen LogP contribution in [0.5, 0.6) is 0 Å². The Hall–Kier alpha value is -1.99. The third kappa shape index (κ3) is 36.8. The molecular weight excluding hydrogens is 627 g/mol. The number of phosphoric acid groups is 1. The molecule has 278 valence electrons. The van der Waals surface area contributed by atoms with Gasteiger partial charge in [0, 0.05) is 12.8 Å². The first kappa shape index (κ1) is 46.0. The summed E-state index contributed by atoms with van der Waals surface area (Å²) in [5, 5.41) is 0. The summed E-state index contributed by atoms with van der Waals surface area (Å²) in [6, 6.07) is 0. The summed E-state index contributed by atoms with van der Waals surface area (Å²) in [4.78, 5) is 42.5. The van der Waals surface area contributed by atoms with Crippen LogP contribution in [-0.2, 0) is 28.2 Å². The smallest absolute Gasteiger partial charge is 0.462 e. The van der Waals surface area contributed by atoms with Crippen molar-refractivity contribution in [1.29, 1.82) is 0 Å². The molecule has 0 heterocycles. The van der Waals surface area contributed by atoms with Gasteiger partial charge in [0.1, 0.15) is 6.61 Å². The predicted octanol–water partition coefficient (Wildman–Crippen LogP) is 11.2. The number of unbranched alkanes of at least 4 members (excludes halogenated alkanes) is 16. The minimum absolute atomic E-state index is 0.136. The maximum absolute atomic E-state index is 12.3. The summed E-state index contributed by atoms with van der Waals surface area (Å²) in [6.45, 7) is 3.59. The molecule has 8 nitrogen and oxygen atoms in total. The highest BCUT2D eigenvalue weighted by Crippen LogP contribution is 2.36. The minimum Gasteiger partial charge on any atom is -0.462 e. The van der Waals surface area contributed by atoms with Gasteiger partial charge in [0.2, 0.25) is 0 Å². The van der Waals surface area contributed by atoms with Gasteiger partial charge in [-0.2, -0.15) is 0 Å². The zero-order chi connectivity index (χ0) is 35.4. The van der Waals surface area contributed by atoms with Crippen molar-refractivity contribution in [3.8, 4) is 0 Å². The summed E-state index contributed by atoms with van der Waals surface area (Å²) in [6.07, 6.45) is 41.4. The quantitative estimate of drug-likeness (QED) is 0.0295. The van der Waals surface area contributed by atoms with E-state index >= 15 is 0 Å². The number of hydrogen-bond donors (Lipinski definition) is 2. The molecule has 0 aromatic rings. The van der Waals surface area contributed by atoms with Gasteiger partial charge in [0.15, 0.2) is 6.10 Å². The van der Waals surface area contributed by atoms with Gasteiger partial charge in [-0.15, -0.1) is 0 Å². The Morgan fingerprint density at radius 1 is 0.542 bits per heavy atom. The lowest BCUT2D eigenvalue weighted by molar-refractivity contribution is -0.161. The van der Waals surface area contributed by atoms with Crippen LogP contribution in [0.2, 0.25) is 0 Å². The number of phosphoric ester groups is 1. The molecule has 0 aliphatic rings. The molecular formula is C39H69O8P. The number of hydrogen-bond acceptors (Lipinski definition) is 6. The fraction of sp³-hybridized carbons (Fsp3) is 0.744. The molecule has 0 bridgehead atoms. The van der Waals surface area contributed by atoms with E-state index < -0.39 is 32.5 Å². The Balaban J connectivity index is 4.05. The van der Waals surface area contributed by atoms with E-state index in [1.54, 1.807) is 0 Å². The first-order valence-corrected chi connectivity index (χ1v) is 20.5. The maximum atomic E-state index is 12.3. The zero-order valence-electron chi connectivity index (χ0n) is 30.4. The van der Waals surface area contributed by atoms with Gasteiger partial charge in [-0.3, -0.25) is 14.1 Å². The number of ether oxygens (including phenoxy) is 2. The van der Waals surface area contributed by atoms with Crippen LogP contribution in [0.3, 0.4) is 0 Å². The molecule has 0 aromatic carbocycles. The molecule has 1 atom stereocenters. The molecule has 0 saturated carbocycles. The zero-order valence-corrected chi connectivity index (χ0v) is 31.3. The third-order valence-corrected chi connectivity index (χ3v) is 8.34. The third-order valence-electron chi connectivity index (χ3n) is 7.85. The van der Waals surface area contributed by atoms with Crippen LogP contribution in [0, 0.1) is 0 Å². The summed E-state index contributed by atoms with van der Waals surface area (Å²) in [5.41, 5.74) is 0. The van der Waals surface area contributed by atoms with Crippen LogP contribution in [0.15, 0.2) is 48.6 Å². The van der Waals surface area contributed by atoms with E-state index in [2.05, 4.69) is 60.9 Å². The predicted molar refractivity (Wildman–Crippen MR) is 198 cm³/mol. The van der Waals surface area contributed by atoms with Gasteiger partial charge in [-0.1, -0.05) is 152 Å². The van der Waals surface area contributed by atoms with Crippen LogP contribution < -0.4 is 0 Å². The van der Waals surface area contributed by atoms with E-state index in [9.17, 15) is 14.2 Å². The van der Waals surface area contributed by atoms with Crippen molar-refractivity contribution in [3.63, 3.8) is 0 Å². The highest BCUT2D eigenvalue weighted by Gasteiger charge is 2.22. The van der Waals surface area contributed by atoms with Crippen LogP contribution >= 0.6 is 7.82 Å². The lowest BCUT2D eigenvalue weighted by atomic mass is 10.1. The number of rotatable bonds is 34. The lowest BCUT2D eigenvalue weighted by Gasteiger charge is -2.18. The van der Waals surface area contributed by atoms with E-state index in [-0.39, 0.29) is 19.4 Å². The molecule has 2 N–H and O–H groups in total. The number of carbonyl (C=O) groups is 2. The fourth-order valence-corrected chi connectivity index (χ4v) is 5.37. The standard InChI is InChI=1S/C39H69O8P/c1-3-5-7-9-11-13-14-15-16-17-18-19-20-21-22-23-24-26-28-30-32-34-39(41)47-37(36-46-48(42,43)44)35-45-38(40)33-31-29-27-25-12-10-8-6-4-2/h16-17,19-20,22-23,26,28,37H,3-15,18,21,24-25,27,29-36H2,1-2H3,(H2,42,43,44)/b17-16+,20-19+,23-22+,28-26+/t37-/m1/s1. The number of esters is 2. The molecule has 48 heavy (non-hydrogen) atoms. The van der Waals surface area contributed by atoms with Gasteiger partial charge in [0.05, 0.1) is 6.61 Å². The topological polar surface area (TPSA) is 119 Å². The lowest BCUT2D eigenvalue weighted by Crippen LogP contribution is -2.29. The molecule has 0 unspecified atom stereocenters. The largest absolute Gasteiger partial charge is 0.469 e. The van der Waals surface area contributed by atoms with E-state index in [1.807, 2.05) is 6.08 Å². The Kier molecular flexibility index (Phi) is 33.4. The van der Waals surface area contributed by atoms with Crippen molar-refractivity contribution in [3.05, 3.63) is 48.6 Å². The second-order valence-electron chi connectivity index (χ2n) is 12.6. The average molecular weight is 697 g/mol. The summed E-state index contributed by atoms with van der Waals surface area (Å²) in [5.74, 6) is -0.955. The highest BCUT2D eigenvalue weighted by atomic mass is 31.2. The number of allylic oxidation sites excluding steroid dienone is 8. The van der Waals surface area contributed by atoms with Crippen molar-refractivity contribution in [2.75, 3.05) is 13.2 Å². The Morgan fingerprint density at radius 3 is 1.46 bits per heavy atom. The van der Waals surface area contributed by atoms with Gasteiger partial charge in [-0.05, 0) is 51.4 Å². The molecule has 0 aliphatic heterocycles. The summed E-state index contributed by atoms with van der Waals surface area (Å²) in [7, 11) is -4.76. The molecule has 0 aromatic heterocycles. The van der Waals surface area contributed by atoms with Crippen LogP contribution in [-0.4, -0.2) is 41.0 Å². The van der Waals surface area contributed by atoms with Crippen molar-refractivity contribution >= 4 is 19.8 Å². The Labute approximate surface area is 293 Å². The van der Waals surface area contributed by atoms with E-state index in [4.69, 9.17) is 19.3 Å². The first-order valence-electron chi connectivity index (χ1n) is 18.9. The van der Waals surface area contributed by atoms with Crippen LogP contribution in [0.1, 0.15) is 168 Å². The minimum atomic E-state index is -4.76. The van der Waals surface area contributed by atoms with E-state index in [0.717, 1.165) is 38.5 Å². The fourth-order valence-electron chi connectivity index (χ4n) is 5.01. The van der Waals surface area contributed by atoms with Crippen molar-refractivity contribution in [2.24, 2.45) is 0 Å². The molecule has 0 fully saturated rings. The maximum Gasteiger partial charge on any atom is 0.469 e. The average Bonchev–Trinajstić information content (AvgIpc) is 3.05. The van der Waals surface area contributed by atoms with Crippen molar-refractivity contribution in [1.82, 2.24) is 0 Å². The monoisotopic (exact) mass is 696 g/mol. The van der Waals surface area contributed by atoms with Crippen molar-refractivity contribution in [2.45, 2.75) is 174 Å². The van der Waals surface area contributed by atoms with E-state index in [0.29, 0.717) is 12.8 Å². The molecule has 0 spiro atoms. The number of carbonyl (C=O) groups excluding carboxylic acids is 2. The van der Waals surface area contributed by atoms with Gasteiger partial charge in [0.25, 0.3) is 0 Å². The summed E-state index contributed by atoms with van der Waals surface area (Å²) >= 11 is 0. The first-order chi connectivity index (χ1) is 23.3. The highest BCUT2D eigenvalue weighted by molar-refractivity contribution is 7.46. The Bertz CT molecular complexity index is 921. The van der Waals surface area contributed by atoms with Crippen LogP contribution in [0.4, 0.5) is 0 Å². The normalized spacial score (nSPS) is 13.0. The molecule has 0 rings (SSSR count).